The molecule has 2 N–H and O–H groups in total. The average Bonchev–Trinajstić information content (AvgIpc) is 2.47. The molecule has 1 atom stereocenters. The fourth-order valence-electron chi connectivity index (χ4n) is 3.37. The monoisotopic (exact) mass is 309 g/mol. The number of hydrogen-bond acceptors (Lipinski definition) is 3. The van der Waals surface area contributed by atoms with Crippen LogP contribution >= 0.6 is 12.4 Å². The lowest BCUT2D eigenvalue weighted by Crippen LogP contribution is -2.56. The number of piperazine rings is 1. The van der Waals surface area contributed by atoms with Crippen molar-refractivity contribution in [1.29, 1.82) is 0 Å². The number of piperidine rings is 1. The second-order valence-corrected chi connectivity index (χ2v) is 5.95. The Morgan fingerprint density at radius 2 is 2.10 bits per heavy atom. The molecule has 5 heteroatoms. The maximum absolute atomic E-state index is 12.4. The normalized spacial score (nSPS) is 22.3. The molecule has 3 rings (SSSR count). The topological polar surface area (TPSA) is 49.6 Å². The van der Waals surface area contributed by atoms with Gasteiger partial charge in [0.15, 0.2) is 0 Å². The van der Waals surface area contributed by atoms with Gasteiger partial charge in [-0.15, -0.1) is 12.4 Å². The number of amides is 1. The lowest BCUT2D eigenvalue weighted by atomic mass is 9.99. The van der Waals surface area contributed by atoms with Gasteiger partial charge < -0.3 is 10.6 Å². The van der Waals surface area contributed by atoms with Crippen LogP contribution in [-0.2, 0) is 11.2 Å². The molecule has 116 valence electrons. The number of carbonyl (C=O) groups is 1. The number of rotatable bonds is 2. The summed E-state index contributed by atoms with van der Waals surface area (Å²) >= 11 is 0. The van der Waals surface area contributed by atoms with Crippen LogP contribution in [0.15, 0.2) is 24.3 Å². The number of nitrogens with two attached hydrogens (primary N) is 1. The number of fused-ring (bicyclic) bond motifs is 1. The average molecular weight is 310 g/mol. The third-order valence-electron chi connectivity index (χ3n) is 4.50. The zero-order chi connectivity index (χ0) is 13.9. The van der Waals surface area contributed by atoms with Crippen molar-refractivity contribution in [2.24, 2.45) is 0 Å². The van der Waals surface area contributed by atoms with Crippen molar-refractivity contribution in [2.45, 2.75) is 31.7 Å². The van der Waals surface area contributed by atoms with Crippen LogP contribution in [0.2, 0.25) is 0 Å². The van der Waals surface area contributed by atoms with Gasteiger partial charge in [0.25, 0.3) is 0 Å². The van der Waals surface area contributed by atoms with Gasteiger partial charge in [-0.1, -0.05) is 18.6 Å². The minimum atomic E-state index is 0. The van der Waals surface area contributed by atoms with E-state index >= 15 is 0 Å². The molecule has 1 aromatic carbocycles. The molecular weight excluding hydrogens is 286 g/mol. The van der Waals surface area contributed by atoms with Gasteiger partial charge in [-0.25, -0.2) is 0 Å². The first kappa shape index (κ1) is 16.1. The molecule has 1 unspecified atom stereocenters. The largest absolute Gasteiger partial charge is 0.399 e. The molecule has 0 aromatic heterocycles. The van der Waals surface area contributed by atoms with Crippen molar-refractivity contribution in [3.63, 3.8) is 0 Å². The highest BCUT2D eigenvalue weighted by molar-refractivity contribution is 5.85. The van der Waals surface area contributed by atoms with Gasteiger partial charge in [-0.05, 0) is 37.1 Å². The number of nitrogen functional groups attached to an aromatic ring is 1. The third kappa shape index (κ3) is 3.89. The summed E-state index contributed by atoms with van der Waals surface area (Å²) in [7, 11) is 0. The van der Waals surface area contributed by atoms with Gasteiger partial charge in [-0.3, -0.25) is 9.69 Å². The highest BCUT2D eigenvalue weighted by Gasteiger charge is 2.30. The summed E-state index contributed by atoms with van der Waals surface area (Å²) in [4.78, 5) is 17.0. The predicted molar refractivity (Wildman–Crippen MR) is 87.6 cm³/mol. The lowest BCUT2D eigenvalue weighted by molar-refractivity contribution is -0.134. The summed E-state index contributed by atoms with van der Waals surface area (Å²) in [6.45, 7) is 4.02. The second kappa shape index (κ2) is 7.14. The fourth-order valence-corrected chi connectivity index (χ4v) is 3.37. The Labute approximate surface area is 132 Å². The van der Waals surface area contributed by atoms with Crippen molar-refractivity contribution < 1.29 is 4.79 Å². The first-order valence-corrected chi connectivity index (χ1v) is 7.58. The molecule has 1 aromatic rings. The maximum atomic E-state index is 12.4. The van der Waals surface area contributed by atoms with Crippen molar-refractivity contribution in [2.75, 3.05) is 31.9 Å². The Morgan fingerprint density at radius 3 is 2.90 bits per heavy atom. The lowest BCUT2D eigenvalue weighted by Gasteiger charge is -2.44. The van der Waals surface area contributed by atoms with Crippen molar-refractivity contribution in [1.82, 2.24) is 9.80 Å². The van der Waals surface area contributed by atoms with Crippen molar-refractivity contribution in [3.8, 4) is 0 Å². The summed E-state index contributed by atoms with van der Waals surface area (Å²) in [5.74, 6) is 0.237. The molecular formula is C16H24ClN3O. The van der Waals surface area contributed by atoms with Gasteiger partial charge in [0.1, 0.15) is 0 Å². The van der Waals surface area contributed by atoms with Gasteiger partial charge >= 0.3 is 0 Å². The number of nitrogens with zero attached hydrogens (tertiary/aromatic N) is 2. The quantitative estimate of drug-likeness (QED) is 0.849. The highest BCUT2D eigenvalue weighted by atomic mass is 35.5. The summed E-state index contributed by atoms with van der Waals surface area (Å²) < 4.78 is 0. The van der Waals surface area contributed by atoms with Crippen LogP contribution in [0.25, 0.3) is 0 Å². The molecule has 2 heterocycles. The Hall–Kier alpha value is -1.26. The van der Waals surface area contributed by atoms with Gasteiger partial charge in [0.2, 0.25) is 5.91 Å². The van der Waals surface area contributed by atoms with Crippen molar-refractivity contribution >= 4 is 24.0 Å². The van der Waals surface area contributed by atoms with Crippen LogP contribution in [-0.4, -0.2) is 47.9 Å². The van der Waals surface area contributed by atoms with Crippen molar-refractivity contribution in [3.05, 3.63) is 29.8 Å². The molecule has 2 aliphatic heterocycles. The number of benzene rings is 1. The number of hydrogen-bond donors (Lipinski definition) is 1. The Kier molecular flexibility index (Phi) is 5.48. The van der Waals surface area contributed by atoms with E-state index in [0.29, 0.717) is 12.5 Å². The second-order valence-electron chi connectivity index (χ2n) is 5.95. The van der Waals surface area contributed by atoms with Crippen LogP contribution in [0.5, 0.6) is 0 Å². The molecule has 2 fully saturated rings. The van der Waals surface area contributed by atoms with Gasteiger partial charge in [0.05, 0.1) is 6.42 Å². The molecule has 0 bridgehead atoms. The minimum absolute atomic E-state index is 0. The van der Waals surface area contributed by atoms with E-state index in [1.54, 1.807) is 0 Å². The Morgan fingerprint density at radius 1 is 1.24 bits per heavy atom. The van der Waals surface area contributed by atoms with Crippen LogP contribution in [0.1, 0.15) is 24.8 Å². The molecule has 4 nitrogen and oxygen atoms in total. The number of anilines is 1. The highest BCUT2D eigenvalue weighted by Crippen LogP contribution is 2.21. The van der Waals surface area contributed by atoms with E-state index in [-0.39, 0.29) is 18.3 Å². The zero-order valence-electron chi connectivity index (χ0n) is 12.3. The van der Waals surface area contributed by atoms with Crippen LogP contribution in [0.4, 0.5) is 5.69 Å². The van der Waals surface area contributed by atoms with Crippen LogP contribution in [0, 0.1) is 0 Å². The number of halogens is 1. The molecule has 2 saturated heterocycles. The maximum Gasteiger partial charge on any atom is 0.227 e. The van der Waals surface area contributed by atoms with Crippen LogP contribution in [0.3, 0.4) is 0 Å². The van der Waals surface area contributed by atoms with Gasteiger partial charge in [-0.2, -0.15) is 0 Å². The number of carbonyl (C=O) groups excluding carboxylic acids is 1. The first-order valence-electron chi connectivity index (χ1n) is 7.58. The summed E-state index contributed by atoms with van der Waals surface area (Å²) in [6, 6.07) is 8.23. The van der Waals surface area contributed by atoms with Crippen LogP contribution < -0.4 is 5.73 Å². The summed E-state index contributed by atoms with van der Waals surface area (Å²) in [5, 5.41) is 0. The zero-order valence-corrected chi connectivity index (χ0v) is 13.1. The molecule has 0 saturated carbocycles. The van der Waals surface area contributed by atoms with E-state index in [4.69, 9.17) is 5.73 Å². The molecule has 0 radical (unpaired) electrons. The van der Waals surface area contributed by atoms with E-state index in [0.717, 1.165) is 30.9 Å². The minimum Gasteiger partial charge on any atom is -0.399 e. The third-order valence-corrected chi connectivity index (χ3v) is 4.50. The fraction of sp³-hybridized carbons (Fsp3) is 0.562. The molecule has 2 aliphatic rings. The SMILES string of the molecule is Cl.Nc1cccc(CC(=O)N2CCN3CCCCC3C2)c1. The molecule has 0 spiro atoms. The van der Waals surface area contributed by atoms with Gasteiger partial charge in [0, 0.05) is 31.4 Å². The molecule has 0 aliphatic carbocycles. The molecule has 21 heavy (non-hydrogen) atoms. The first-order chi connectivity index (χ1) is 9.72. The standard InChI is InChI=1S/C16H23N3O.ClH/c17-14-5-3-4-13(10-14)11-16(20)19-9-8-18-7-2-1-6-15(18)12-19;/h3-5,10,15H,1-2,6-9,11-12,17H2;1H. The van der Waals surface area contributed by atoms with E-state index in [9.17, 15) is 4.79 Å². The van der Waals surface area contributed by atoms with E-state index in [1.807, 2.05) is 29.2 Å². The van der Waals surface area contributed by atoms with E-state index in [2.05, 4.69) is 4.90 Å². The van der Waals surface area contributed by atoms with E-state index in [1.165, 1.54) is 25.8 Å². The van der Waals surface area contributed by atoms with E-state index < -0.39 is 0 Å². The summed E-state index contributed by atoms with van der Waals surface area (Å²) in [5.41, 5.74) is 7.51. The Balaban J connectivity index is 0.00000161. The summed E-state index contributed by atoms with van der Waals surface area (Å²) in [6.07, 6.45) is 4.33. The smallest absolute Gasteiger partial charge is 0.227 e. The molecule has 1 amide bonds. The predicted octanol–water partition coefficient (Wildman–Crippen LogP) is 1.93. The Bertz CT molecular complexity index is 494.